The molecule has 0 aliphatic heterocycles. The van der Waals surface area contributed by atoms with E-state index in [2.05, 4.69) is 18.7 Å². The van der Waals surface area contributed by atoms with E-state index >= 15 is 0 Å². The number of aliphatic hydroxyl groups excluding tert-OH is 1. The number of carbonyl (C=O) groups excluding carboxylic acids is 1. The molecule has 0 aliphatic carbocycles. The first-order chi connectivity index (χ1) is 13.1. The number of nitrogens with zero attached hydrogens (tertiary/aromatic N) is 2. The largest absolute Gasteiger partial charge is 0.459 e. The molecule has 2 aromatic carbocycles. The summed E-state index contributed by atoms with van der Waals surface area (Å²) in [5, 5.41) is 10.1. The van der Waals surface area contributed by atoms with Gasteiger partial charge in [-0.15, -0.1) is 0 Å². The Morgan fingerprint density at radius 3 is 2.63 bits per heavy atom. The lowest BCUT2D eigenvalue weighted by Gasteiger charge is -2.09. The zero-order valence-corrected chi connectivity index (χ0v) is 15.1. The smallest absolute Gasteiger partial charge is 0.338 e. The molecule has 0 bridgehead atoms. The number of aromatic nitrogens is 2. The fourth-order valence-electron chi connectivity index (χ4n) is 2.74. The molecule has 3 aromatic rings. The Bertz CT molecular complexity index is 885. The van der Waals surface area contributed by atoms with Gasteiger partial charge in [0.15, 0.2) is 0 Å². The molecule has 27 heavy (non-hydrogen) atoms. The van der Waals surface area contributed by atoms with Crippen molar-refractivity contribution >= 4 is 12.0 Å². The quantitative estimate of drug-likeness (QED) is 0.495. The summed E-state index contributed by atoms with van der Waals surface area (Å²) < 4.78 is 9.08. The Balaban J connectivity index is 1.49. The Kier molecular flexibility index (Phi) is 6.18. The molecule has 138 valence electrons. The van der Waals surface area contributed by atoms with Gasteiger partial charge < -0.3 is 9.84 Å². The molecular weight excluding hydrogens is 340 g/mol. The summed E-state index contributed by atoms with van der Waals surface area (Å²) >= 11 is 0. The van der Waals surface area contributed by atoms with Gasteiger partial charge in [0.05, 0.1) is 5.56 Å². The molecule has 1 N–H and O–H groups in total. The van der Waals surface area contributed by atoms with Crippen LogP contribution in [0.4, 0.5) is 0 Å². The topological polar surface area (TPSA) is 55.3 Å². The average Bonchev–Trinajstić information content (AvgIpc) is 3.14. The van der Waals surface area contributed by atoms with Gasteiger partial charge in [-0.3, -0.25) is 0 Å². The normalized spacial score (nSPS) is 11.7. The van der Waals surface area contributed by atoms with Crippen molar-refractivity contribution in [1.82, 2.24) is 4.57 Å². The predicted molar refractivity (Wildman–Crippen MR) is 103 cm³/mol. The lowest BCUT2D eigenvalue weighted by molar-refractivity contribution is -0.687. The molecule has 0 fully saturated rings. The number of imidazole rings is 1. The maximum absolute atomic E-state index is 11.9. The van der Waals surface area contributed by atoms with Crippen molar-refractivity contribution in [3.63, 3.8) is 0 Å². The van der Waals surface area contributed by atoms with Crippen LogP contribution in [0.3, 0.4) is 0 Å². The van der Waals surface area contributed by atoms with E-state index in [1.165, 1.54) is 5.56 Å². The first-order valence-electron chi connectivity index (χ1n) is 8.80. The van der Waals surface area contributed by atoms with Crippen LogP contribution in [0.2, 0.25) is 0 Å². The highest BCUT2D eigenvalue weighted by molar-refractivity contribution is 5.89. The average molecular weight is 363 g/mol. The highest BCUT2D eigenvalue weighted by atomic mass is 16.5. The SMILES string of the molecule is C=Cc1ccc(C[n+]2ccn(CC(O)COC(=O)c3ccccc3)c2)cc1. The molecule has 0 amide bonds. The summed E-state index contributed by atoms with van der Waals surface area (Å²) in [6.45, 7) is 4.80. The van der Waals surface area contributed by atoms with E-state index in [0.29, 0.717) is 12.1 Å². The van der Waals surface area contributed by atoms with E-state index in [9.17, 15) is 9.90 Å². The van der Waals surface area contributed by atoms with Crippen molar-refractivity contribution in [3.05, 3.63) is 96.6 Å². The van der Waals surface area contributed by atoms with Crippen molar-refractivity contribution in [3.8, 4) is 0 Å². The van der Waals surface area contributed by atoms with Crippen LogP contribution < -0.4 is 4.57 Å². The second kappa shape index (κ2) is 8.96. The van der Waals surface area contributed by atoms with E-state index in [1.807, 2.05) is 52.1 Å². The van der Waals surface area contributed by atoms with Gasteiger partial charge >= 0.3 is 5.97 Å². The summed E-state index contributed by atoms with van der Waals surface area (Å²) in [4.78, 5) is 11.9. The molecule has 1 heterocycles. The van der Waals surface area contributed by atoms with Crippen LogP contribution in [0.5, 0.6) is 0 Å². The monoisotopic (exact) mass is 363 g/mol. The highest BCUT2D eigenvalue weighted by Crippen LogP contribution is 2.05. The number of hydrogen-bond acceptors (Lipinski definition) is 3. The van der Waals surface area contributed by atoms with Gasteiger partial charge in [-0.2, -0.15) is 0 Å². The lowest BCUT2D eigenvalue weighted by Crippen LogP contribution is -2.32. The molecule has 3 rings (SSSR count). The number of aliphatic hydroxyl groups is 1. The van der Waals surface area contributed by atoms with Crippen molar-refractivity contribution in [1.29, 1.82) is 0 Å². The van der Waals surface area contributed by atoms with E-state index in [4.69, 9.17) is 4.74 Å². The summed E-state index contributed by atoms with van der Waals surface area (Å²) in [7, 11) is 0. The zero-order chi connectivity index (χ0) is 19.1. The number of hydrogen-bond donors (Lipinski definition) is 1. The molecule has 0 saturated carbocycles. The number of carbonyl (C=O) groups is 1. The number of rotatable bonds is 8. The Labute approximate surface area is 158 Å². The van der Waals surface area contributed by atoms with Gasteiger partial charge in [0.2, 0.25) is 6.33 Å². The van der Waals surface area contributed by atoms with Gasteiger partial charge in [-0.1, -0.05) is 55.1 Å². The minimum Gasteiger partial charge on any atom is -0.459 e. The molecular formula is C22H23N2O3+. The third-order valence-corrected chi connectivity index (χ3v) is 4.16. The fraction of sp³-hybridized carbons (Fsp3) is 0.182. The Morgan fingerprint density at radius 1 is 1.19 bits per heavy atom. The van der Waals surface area contributed by atoms with Crippen LogP contribution >= 0.6 is 0 Å². The minimum absolute atomic E-state index is 0.0467. The third-order valence-electron chi connectivity index (χ3n) is 4.16. The second-order valence-electron chi connectivity index (χ2n) is 6.35. The molecule has 5 nitrogen and oxygen atoms in total. The van der Waals surface area contributed by atoms with E-state index in [-0.39, 0.29) is 6.61 Å². The maximum Gasteiger partial charge on any atom is 0.338 e. The molecule has 1 aromatic heterocycles. The predicted octanol–water partition coefficient (Wildman–Crippen LogP) is 2.68. The standard InChI is InChI=1S/C22H23N2O3/c1-2-18-8-10-19(11-9-18)14-23-12-13-24(17-23)15-21(25)16-27-22(26)20-6-4-3-5-7-20/h2-13,17,21,25H,1,14-16H2/q+1. The van der Waals surface area contributed by atoms with Gasteiger partial charge in [0.1, 0.15) is 38.2 Å². The number of ether oxygens (including phenoxy) is 1. The molecule has 1 unspecified atom stereocenters. The maximum atomic E-state index is 11.9. The third kappa shape index (κ3) is 5.39. The van der Waals surface area contributed by atoms with Crippen molar-refractivity contribution in [2.24, 2.45) is 0 Å². The summed E-state index contributed by atoms with van der Waals surface area (Å²) in [6, 6.07) is 17.0. The van der Waals surface area contributed by atoms with Crippen LogP contribution in [0.25, 0.3) is 6.08 Å². The van der Waals surface area contributed by atoms with Crippen LogP contribution in [-0.2, 0) is 17.8 Å². The lowest BCUT2D eigenvalue weighted by atomic mass is 10.1. The Hall–Kier alpha value is -3.18. The molecule has 5 heteroatoms. The first kappa shape index (κ1) is 18.6. The minimum atomic E-state index is -0.773. The number of benzene rings is 2. The van der Waals surface area contributed by atoms with E-state index in [1.54, 1.807) is 24.3 Å². The van der Waals surface area contributed by atoms with Crippen LogP contribution in [-0.4, -0.2) is 28.4 Å². The first-order valence-corrected chi connectivity index (χ1v) is 8.80. The van der Waals surface area contributed by atoms with Crippen molar-refractivity contribution < 1.29 is 19.2 Å². The van der Waals surface area contributed by atoms with E-state index in [0.717, 1.165) is 12.1 Å². The van der Waals surface area contributed by atoms with Gasteiger partial charge in [-0.05, 0) is 23.3 Å². The summed E-state index contributed by atoms with van der Waals surface area (Å²) in [5.74, 6) is -0.430. The molecule has 1 atom stereocenters. The summed E-state index contributed by atoms with van der Waals surface area (Å²) in [5.41, 5.74) is 2.75. The number of esters is 1. The zero-order valence-electron chi connectivity index (χ0n) is 15.1. The van der Waals surface area contributed by atoms with E-state index < -0.39 is 12.1 Å². The van der Waals surface area contributed by atoms with Crippen molar-refractivity contribution in [2.75, 3.05) is 6.61 Å². The molecule has 0 aliphatic rings. The van der Waals surface area contributed by atoms with Crippen LogP contribution in [0.1, 0.15) is 21.5 Å². The highest BCUT2D eigenvalue weighted by Gasteiger charge is 2.14. The van der Waals surface area contributed by atoms with Crippen LogP contribution in [0.15, 0.2) is 79.9 Å². The molecule has 0 saturated heterocycles. The molecule has 0 radical (unpaired) electrons. The molecule has 0 spiro atoms. The van der Waals surface area contributed by atoms with Crippen LogP contribution in [0, 0.1) is 0 Å². The van der Waals surface area contributed by atoms with Gasteiger partial charge in [0, 0.05) is 0 Å². The van der Waals surface area contributed by atoms with Gasteiger partial charge in [0.25, 0.3) is 0 Å². The fourth-order valence-corrected chi connectivity index (χ4v) is 2.74. The van der Waals surface area contributed by atoms with Gasteiger partial charge in [-0.25, -0.2) is 13.9 Å². The Morgan fingerprint density at radius 2 is 1.93 bits per heavy atom. The second-order valence-corrected chi connectivity index (χ2v) is 6.35. The van der Waals surface area contributed by atoms with Crippen molar-refractivity contribution in [2.45, 2.75) is 19.2 Å². The summed E-state index contributed by atoms with van der Waals surface area (Å²) in [6.07, 6.45) is 6.80.